The van der Waals surface area contributed by atoms with E-state index in [0.717, 1.165) is 36.3 Å². The number of likely N-dealkylation sites (tertiary alicyclic amines) is 1. The van der Waals surface area contributed by atoms with Crippen LogP contribution >= 0.6 is 12.2 Å². The second-order valence-corrected chi connectivity index (χ2v) is 6.22. The average Bonchev–Trinajstić information content (AvgIpc) is 2.43. The highest BCUT2D eigenvalue weighted by Crippen LogP contribution is 2.22. The van der Waals surface area contributed by atoms with Gasteiger partial charge in [-0.2, -0.15) is 0 Å². The number of rotatable bonds is 5. The molecule has 1 saturated heterocycles. The van der Waals surface area contributed by atoms with Crippen molar-refractivity contribution in [1.82, 2.24) is 4.90 Å². The Morgan fingerprint density at radius 3 is 2.60 bits per heavy atom. The maximum atomic E-state index is 5.78. The van der Waals surface area contributed by atoms with E-state index in [1.165, 1.54) is 19.5 Å². The van der Waals surface area contributed by atoms with Gasteiger partial charge in [-0.3, -0.25) is 4.90 Å². The number of benzene rings is 1. The standard InChI is InChI=1S/C16H24N2OS/c1-12-7-8-18(11-13(12)2)9-10-19-15-5-3-14(4-6-15)16(17)20/h3-6,12-13H,7-11H2,1-2H3,(H2,17,20). The first-order valence-corrected chi connectivity index (χ1v) is 7.72. The number of thiocarbonyl (C=S) groups is 1. The summed E-state index contributed by atoms with van der Waals surface area (Å²) in [5.74, 6) is 2.51. The molecule has 2 atom stereocenters. The number of hydrogen-bond acceptors (Lipinski definition) is 3. The number of ether oxygens (including phenoxy) is 1. The van der Waals surface area contributed by atoms with Crippen molar-refractivity contribution in [2.75, 3.05) is 26.2 Å². The van der Waals surface area contributed by atoms with Crippen molar-refractivity contribution >= 4 is 17.2 Å². The molecule has 1 heterocycles. The molecule has 2 rings (SSSR count). The van der Waals surface area contributed by atoms with Crippen molar-refractivity contribution in [2.45, 2.75) is 20.3 Å². The number of nitrogens with zero attached hydrogens (tertiary/aromatic N) is 1. The molecule has 1 fully saturated rings. The van der Waals surface area contributed by atoms with Gasteiger partial charge in [0.15, 0.2) is 0 Å². The molecule has 0 bridgehead atoms. The molecule has 0 radical (unpaired) electrons. The fraction of sp³-hybridized carbons (Fsp3) is 0.562. The summed E-state index contributed by atoms with van der Waals surface area (Å²) < 4.78 is 5.78. The summed E-state index contributed by atoms with van der Waals surface area (Å²) in [6, 6.07) is 7.66. The van der Waals surface area contributed by atoms with Crippen molar-refractivity contribution < 1.29 is 4.74 Å². The molecule has 110 valence electrons. The molecular formula is C16H24N2OS. The minimum absolute atomic E-state index is 0.424. The van der Waals surface area contributed by atoms with E-state index < -0.39 is 0 Å². The zero-order chi connectivity index (χ0) is 14.5. The number of nitrogens with two attached hydrogens (primary N) is 1. The smallest absolute Gasteiger partial charge is 0.119 e. The second-order valence-electron chi connectivity index (χ2n) is 5.78. The molecule has 1 aliphatic rings. The summed E-state index contributed by atoms with van der Waals surface area (Å²) >= 11 is 4.93. The van der Waals surface area contributed by atoms with E-state index >= 15 is 0 Å². The van der Waals surface area contributed by atoms with Crippen molar-refractivity contribution in [3.8, 4) is 5.75 Å². The van der Waals surface area contributed by atoms with Crippen molar-refractivity contribution in [3.63, 3.8) is 0 Å². The molecule has 3 nitrogen and oxygen atoms in total. The summed E-state index contributed by atoms with van der Waals surface area (Å²) in [6.07, 6.45) is 1.30. The monoisotopic (exact) mass is 292 g/mol. The molecule has 4 heteroatoms. The zero-order valence-electron chi connectivity index (χ0n) is 12.3. The van der Waals surface area contributed by atoms with Crippen LogP contribution < -0.4 is 10.5 Å². The maximum Gasteiger partial charge on any atom is 0.119 e. The van der Waals surface area contributed by atoms with E-state index in [-0.39, 0.29) is 0 Å². The summed E-state index contributed by atoms with van der Waals surface area (Å²) in [5, 5.41) is 0. The van der Waals surface area contributed by atoms with Crippen LogP contribution in [0, 0.1) is 11.8 Å². The van der Waals surface area contributed by atoms with Crippen LogP contribution in [0.1, 0.15) is 25.8 Å². The molecule has 1 aliphatic heterocycles. The average molecular weight is 292 g/mol. The summed E-state index contributed by atoms with van der Waals surface area (Å²) in [5.41, 5.74) is 6.45. The van der Waals surface area contributed by atoms with Gasteiger partial charge in [-0.1, -0.05) is 26.1 Å². The third-order valence-corrected chi connectivity index (χ3v) is 4.47. The van der Waals surface area contributed by atoms with E-state index in [9.17, 15) is 0 Å². The molecule has 2 N–H and O–H groups in total. The first-order valence-electron chi connectivity index (χ1n) is 7.31. The van der Waals surface area contributed by atoms with Gasteiger partial charge in [-0.25, -0.2) is 0 Å². The molecule has 0 amide bonds. The van der Waals surface area contributed by atoms with Crippen LogP contribution in [0.4, 0.5) is 0 Å². The molecule has 0 aromatic heterocycles. The Morgan fingerprint density at radius 2 is 2.00 bits per heavy atom. The Labute approximate surface area is 127 Å². The molecule has 0 spiro atoms. The van der Waals surface area contributed by atoms with E-state index in [2.05, 4.69) is 18.7 Å². The first kappa shape index (κ1) is 15.3. The third kappa shape index (κ3) is 4.18. The molecule has 1 aromatic carbocycles. The number of piperidine rings is 1. The Hall–Kier alpha value is -1.13. The van der Waals surface area contributed by atoms with Crippen molar-refractivity contribution in [2.24, 2.45) is 17.6 Å². The molecule has 0 aliphatic carbocycles. The minimum Gasteiger partial charge on any atom is -0.492 e. The van der Waals surface area contributed by atoms with Gasteiger partial charge in [0.1, 0.15) is 17.3 Å². The van der Waals surface area contributed by atoms with E-state index in [0.29, 0.717) is 4.99 Å². The van der Waals surface area contributed by atoms with Gasteiger partial charge in [-0.15, -0.1) is 0 Å². The Morgan fingerprint density at radius 1 is 1.30 bits per heavy atom. The van der Waals surface area contributed by atoms with Crippen LogP contribution in [-0.2, 0) is 0 Å². The van der Waals surface area contributed by atoms with Crippen LogP contribution in [0.5, 0.6) is 5.75 Å². The van der Waals surface area contributed by atoms with Gasteiger partial charge < -0.3 is 10.5 Å². The lowest BCUT2D eigenvalue weighted by Crippen LogP contribution is -2.40. The van der Waals surface area contributed by atoms with Gasteiger partial charge >= 0.3 is 0 Å². The Balaban J connectivity index is 1.74. The van der Waals surface area contributed by atoms with Gasteiger partial charge in [0, 0.05) is 18.7 Å². The van der Waals surface area contributed by atoms with Crippen LogP contribution in [0.25, 0.3) is 0 Å². The minimum atomic E-state index is 0.424. The maximum absolute atomic E-state index is 5.78. The second kappa shape index (κ2) is 7.04. The topological polar surface area (TPSA) is 38.5 Å². The van der Waals surface area contributed by atoms with E-state index in [4.69, 9.17) is 22.7 Å². The van der Waals surface area contributed by atoms with Crippen molar-refractivity contribution in [3.05, 3.63) is 29.8 Å². The highest BCUT2D eigenvalue weighted by atomic mass is 32.1. The fourth-order valence-electron chi connectivity index (χ4n) is 2.56. The molecule has 20 heavy (non-hydrogen) atoms. The third-order valence-electron chi connectivity index (χ3n) is 4.23. The van der Waals surface area contributed by atoms with Gasteiger partial charge in [0.05, 0.1) is 0 Å². The van der Waals surface area contributed by atoms with Gasteiger partial charge in [0.2, 0.25) is 0 Å². The SMILES string of the molecule is CC1CCN(CCOc2ccc(C(N)=S)cc2)CC1C. The summed E-state index contributed by atoms with van der Waals surface area (Å²) in [4.78, 5) is 2.92. The lowest BCUT2D eigenvalue weighted by molar-refractivity contribution is 0.119. The highest BCUT2D eigenvalue weighted by molar-refractivity contribution is 7.80. The molecule has 1 aromatic rings. The lowest BCUT2D eigenvalue weighted by Gasteiger charge is -2.35. The van der Waals surface area contributed by atoms with Crippen LogP contribution in [0.3, 0.4) is 0 Å². The fourth-order valence-corrected chi connectivity index (χ4v) is 2.70. The summed E-state index contributed by atoms with van der Waals surface area (Å²) in [7, 11) is 0. The normalized spacial score (nSPS) is 23.5. The lowest BCUT2D eigenvalue weighted by atomic mass is 9.89. The molecule has 2 unspecified atom stereocenters. The van der Waals surface area contributed by atoms with Crippen LogP contribution in [-0.4, -0.2) is 36.1 Å². The highest BCUT2D eigenvalue weighted by Gasteiger charge is 2.22. The predicted octanol–water partition coefficient (Wildman–Crippen LogP) is 2.68. The first-order chi connectivity index (χ1) is 9.56. The Kier molecular flexibility index (Phi) is 5.38. The van der Waals surface area contributed by atoms with Crippen LogP contribution in [0.2, 0.25) is 0 Å². The van der Waals surface area contributed by atoms with E-state index in [1.54, 1.807) is 0 Å². The molecular weight excluding hydrogens is 268 g/mol. The molecule has 0 saturated carbocycles. The van der Waals surface area contributed by atoms with Gasteiger partial charge in [-0.05, 0) is 49.1 Å². The zero-order valence-corrected chi connectivity index (χ0v) is 13.2. The summed E-state index contributed by atoms with van der Waals surface area (Å²) in [6.45, 7) is 8.79. The number of hydrogen-bond donors (Lipinski definition) is 1. The van der Waals surface area contributed by atoms with Crippen molar-refractivity contribution in [1.29, 1.82) is 0 Å². The largest absolute Gasteiger partial charge is 0.492 e. The quantitative estimate of drug-likeness (QED) is 0.847. The predicted molar refractivity (Wildman–Crippen MR) is 87.2 cm³/mol. The van der Waals surface area contributed by atoms with E-state index in [1.807, 2.05) is 24.3 Å². The Bertz CT molecular complexity index is 446. The van der Waals surface area contributed by atoms with Gasteiger partial charge in [0.25, 0.3) is 0 Å². The van der Waals surface area contributed by atoms with Crippen LogP contribution in [0.15, 0.2) is 24.3 Å².